The average Bonchev–Trinajstić information content (AvgIpc) is 2.39. The van der Waals surface area contributed by atoms with Crippen LogP contribution in [0.3, 0.4) is 0 Å². The molecule has 0 aromatic carbocycles. The first kappa shape index (κ1) is 16.9. The van der Waals surface area contributed by atoms with Gasteiger partial charge in [-0.3, -0.25) is 4.79 Å². The minimum absolute atomic E-state index is 0.374. The third kappa shape index (κ3) is 4.45. The molecule has 2 N–H and O–H groups in total. The molecule has 1 aromatic rings. The molecule has 1 rings (SSSR count). The van der Waals surface area contributed by atoms with Crippen molar-refractivity contribution in [2.45, 2.75) is 51.2 Å². The van der Waals surface area contributed by atoms with Crippen molar-refractivity contribution in [3.63, 3.8) is 0 Å². The number of esters is 1. The number of carbonyl (C=O) groups is 1. The number of carbonyl (C=O) groups excluding carboxylic acids is 1. The lowest BCUT2D eigenvalue weighted by molar-refractivity contribution is -0.146. The van der Waals surface area contributed by atoms with E-state index in [1.807, 2.05) is 20.8 Å². The Morgan fingerprint density at radius 2 is 1.85 bits per heavy atom. The lowest BCUT2D eigenvalue weighted by atomic mass is 9.98. The van der Waals surface area contributed by atoms with Crippen LogP contribution in [0.1, 0.15) is 36.7 Å². The number of nitrogens with two attached hydrogens (primary N) is 1. The molecule has 0 saturated heterocycles. The maximum atomic E-state index is 11.4. The summed E-state index contributed by atoms with van der Waals surface area (Å²) in [4.78, 5) is 20.3. The number of thioether (sulfide) groups is 1. The molecule has 1 atom stereocenters. The van der Waals surface area contributed by atoms with Gasteiger partial charge in [0, 0.05) is 17.1 Å². The van der Waals surface area contributed by atoms with E-state index in [4.69, 9.17) is 5.73 Å². The van der Waals surface area contributed by atoms with Crippen molar-refractivity contribution in [3.05, 3.63) is 17.0 Å². The van der Waals surface area contributed by atoms with Gasteiger partial charge in [-0.05, 0) is 46.1 Å². The summed E-state index contributed by atoms with van der Waals surface area (Å²) in [6, 6.07) is 0. The summed E-state index contributed by atoms with van der Waals surface area (Å²) in [6.45, 7) is 7.69. The Kier molecular flexibility index (Phi) is 5.95. The Hall–Kier alpha value is -1.14. The number of aryl methyl sites for hydroxylation is 2. The van der Waals surface area contributed by atoms with Crippen LogP contribution >= 0.6 is 11.8 Å². The van der Waals surface area contributed by atoms with Crippen LogP contribution in [0.5, 0.6) is 0 Å². The number of nitrogens with zero attached hydrogens (tertiary/aromatic N) is 2. The highest BCUT2D eigenvalue weighted by atomic mass is 32.2. The van der Waals surface area contributed by atoms with Crippen LogP contribution in [0, 0.1) is 20.8 Å². The van der Waals surface area contributed by atoms with Gasteiger partial charge in [-0.1, -0.05) is 11.8 Å². The molecule has 1 aromatic heterocycles. The van der Waals surface area contributed by atoms with Crippen LogP contribution in [-0.2, 0) is 9.53 Å². The molecule has 0 spiro atoms. The zero-order valence-electron chi connectivity index (χ0n) is 12.8. The van der Waals surface area contributed by atoms with Crippen LogP contribution < -0.4 is 5.73 Å². The van der Waals surface area contributed by atoms with E-state index < -0.39 is 5.54 Å². The Balaban J connectivity index is 2.48. The Labute approximate surface area is 124 Å². The number of methoxy groups -OCH3 is 1. The van der Waals surface area contributed by atoms with Gasteiger partial charge < -0.3 is 10.5 Å². The number of hydrogen-bond acceptors (Lipinski definition) is 6. The highest BCUT2D eigenvalue weighted by Crippen LogP contribution is 2.20. The van der Waals surface area contributed by atoms with E-state index in [1.54, 1.807) is 18.7 Å². The lowest BCUT2D eigenvalue weighted by Crippen LogP contribution is -2.45. The van der Waals surface area contributed by atoms with Crippen LogP contribution in [0.15, 0.2) is 5.16 Å². The standard InChI is InChI=1S/C14H23N3O2S/c1-9-10(2)16-13(17-11(9)3)20-8-6-7-14(4,15)12(18)19-5/h6-8,15H2,1-5H3. The second-order valence-electron chi connectivity index (χ2n) is 5.16. The maximum absolute atomic E-state index is 11.4. The summed E-state index contributed by atoms with van der Waals surface area (Å²) >= 11 is 1.59. The monoisotopic (exact) mass is 297 g/mol. The first-order valence-corrected chi connectivity index (χ1v) is 7.58. The van der Waals surface area contributed by atoms with Gasteiger partial charge >= 0.3 is 5.97 Å². The van der Waals surface area contributed by atoms with Crippen molar-refractivity contribution in [2.75, 3.05) is 12.9 Å². The van der Waals surface area contributed by atoms with Gasteiger partial charge in [-0.15, -0.1) is 0 Å². The fraction of sp³-hybridized carbons (Fsp3) is 0.643. The average molecular weight is 297 g/mol. The van der Waals surface area contributed by atoms with Gasteiger partial charge in [0.15, 0.2) is 5.16 Å². The number of hydrogen-bond donors (Lipinski definition) is 1. The van der Waals surface area contributed by atoms with Gasteiger partial charge in [-0.2, -0.15) is 0 Å². The summed E-state index contributed by atoms with van der Waals surface area (Å²) in [5.41, 5.74) is 8.14. The van der Waals surface area contributed by atoms with Gasteiger partial charge in [0.05, 0.1) is 7.11 Å². The topological polar surface area (TPSA) is 78.1 Å². The minimum Gasteiger partial charge on any atom is -0.468 e. The van der Waals surface area contributed by atoms with E-state index in [1.165, 1.54) is 7.11 Å². The lowest BCUT2D eigenvalue weighted by Gasteiger charge is -2.20. The Morgan fingerprint density at radius 3 is 2.35 bits per heavy atom. The Bertz CT molecular complexity index is 466. The summed E-state index contributed by atoms with van der Waals surface area (Å²) in [5, 5.41) is 0.780. The smallest absolute Gasteiger partial charge is 0.325 e. The van der Waals surface area contributed by atoms with E-state index in [0.29, 0.717) is 6.42 Å². The molecule has 0 aliphatic heterocycles. The van der Waals surface area contributed by atoms with Crippen molar-refractivity contribution in [1.82, 2.24) is 9.97 Å². The molecular weight excluding hydrogens is 274 g/mol. The molecule has 0 saturated carbocycles. The molecule has 0 bridgehead atoms. The fourth-order valence-corrected chi connectivity index (χ4v) is 2.62. The molecule has 0 radical (unpaired) electrons. The molecule has 1 heterocycles. The molecule has 6 heteroatoms. The summed E-state index contributed by atoms with van der Waals surface area (Å²) in [6.07, 6.45) is 1.39. The summed E-state index contributed by atoms with van der Waals surface area (Å²) in [5.74, 6) is 0.451. The van der Waals surface area contributed by atoms with Gasteiger partial charge in [0.1, 0.15) is 5.54 Å². The normalized spacial score (nSPS) is 13.9. The number of aromatic nitrogens is 2. The molecule has 0 amide bonds. The predicted molar refractivity (Wildman–Crippen MR) is 80.8 cm³/mol. The molecule has 5 nitrogen and oxygen atoms in total. The molecule has 112 valence electrons. The maximum Gasteiger partial charge on any atom is 0.325 e. The molecule has 0 aliphatic rings. The third-order valence-corrected chi connectivity index (χ3v) is 4.27. The first-order chi connectivity index (χ1) is 9.27. The van der Waals surface area contributed by atoms with Crippen molar-refractivity contribution < 1.29 is 9.53 Å². The second kappa shape index (κ2) is 7.04. The highest BCUT2D eigenvalue weighted by molar-refractivity contribution is 7.99. The summed E-state index contributed by atoms with van der Waals surface area (Å²) in [7, 11) is 1.36. The minimum atomic E-state index is -0.921. The van der Waals surface area contributed by atoms with E-state index in [9.17, 15) is 4.79 Å². The SMILES string of the molecule is COC(=O)C(C)(N)CCCSc1nc(C)c(C)c(C)n1. The second-order valence-corrected chi connectivity index (χ2v) is 6.23. The first-order valence-electron chi connectivity index (χ1n) is 6.60. The number of rotatable bonds is 6. The van der Waals surface area contributed by atoms with Crippen LogP contribution in [0.2, 0.25) is 0 Å². The van der Waals surface area contributed by atoms with Crippen molar-refractivity contribution in [3.8, 4) is 0 Å². The largest absolute Gasteiger partial charge is 0.468 e. The van der Waals surface area contributed by atoms with E-state index >= 15 is 0 Å². The Morgan fingerprint density at radius 1 is 1.30 bits per heavy atom. The highest BCUT2D eigenvalue weighted by Gasteiger charge is 2.28. The molecule has 0 aliphatic carbocycles. The molecule has 20 heavy (non-hydrogen) atoms. The third-order valence-electron chi connectivity index (χ3n) is 3.34. The van der Waals surface area contributed by atoms with Gasteiger partial charge in [0.2, 0.25) is 0 Å². The van der Waals surface area contributed by atoms with E-state index in [0.717, 1.165) is 34.3 Å². The van der Waals surface area contributed by atoms with Gasteiger partial charge in [-0.25, -0.2) is 9.97 Å². The fourth-order valence-electron chi connectivity index (χ4n) is 1.74. The van der Waals surface area contributed by atoms with Crippen molar-refractivity contribution in [1.29, 1.82) is 0 Å². The molecule has 0 fully saturated rings. The molecule has 1 unspecified atom stereocenters. The predicted octanol–water partition coefficient (Wildman–Crippen LogP) is 2.16. The van der Waals surface area contributed by atoms with Crippen LogP contribution in [-0.4, -0.2) is 34.3 Å². The zero-order chi connectivity index (χ0) is 15.3. The zero-order valence-corrected chi connectivity index (χ0v) is 13.6. The summed E-state index contributed by atoms with van der Waals surface area (Å²) < 4.78 is 4.68. The van der Waals surface area contributed by atoms with Crippen LogP contribution in [0.4, 0.5) is 0 Å². The van der Waals surface area contributed by atoms with E-state index in [-0.39, 0.29) is 5.97 Å². The van der Waals surface area contributed by atoms with Crippen LogP contribution in [0.25, 0.3) is 0 Å². The number of ether oxygens (including phenoxy) is 1. The van der Waals surface area contributed by atoms with Crippen molar-refractivity contribution >= 4 is 17.7 Å². The molecular formula is C14H23N3O2S. The quantitative estimate of drug-likeness (QED) is 0.375. The van der Waals surface area contributed by atoms with Gasteiger partial charge in [0.25, 0.3) is 0 Å². The van der Waals surface area contributed by atoms with E-state index in [2.05, 4.69) is 14.7 Å². The van der Waals surface area contributed by atoms with Crippen molar-refractivity contribution in [2.24, 2.45) is 5.73 Å².